The monoisotopic (exact) mass is 235 g/mol. The average Bonchev–Trinajstić information content (AvgIpc) is 2.99. The molecule has 0 aromatic heterocycles. The maximum absolute atomic E-state index is 12.3. The Labute approximate surface area is 94.1 Å². The summed E-state index contributed by atoms with van der Waals surface area (Å²) in [5, 5.41) is 0. The van der Waals surface area contributed by atoms with Crippen molar-refractivity contribution in [1.82, 2.24) is 4.90 Å². The van der Waals surface area contributed by atoms with Crippen LogP contribution in [0.2, 0.25) is 0 Å². The normalized spacial score (nSPS) is 25.4. The summed E-state index contributed by atoms with van der Waals surface area (Å²) in [6, 6.07) is 0. The number of hydrogen-bond acceptors (Lipinski definition) is 1. The van der Waals surface area contributed by atoms with Crippen molar-refractivity contribution >= 4 is 11.6 Å². The van der Waals surface area contributed by atoms with E-state index in [0.717, 1.165) is 19.6 Å². The summed E-state index contributed by atoms with van der Waals surface area (Å²) in [5.41, 5.74) is 0.666. The fourth-order valence-corrected chi connectivity index (χ4v) is 2.51. The minimum atomic E-state index is -1.46. The predicted octanol–water partition coefficient (Wildman–Crippen LogP) is 3.25. The summed E-state index contributed by atoms with van der Waals surface area (Å²) in [7, 11) is 0. The van der Waals surface area contributed by atoms with E-state index in [4.69, 9.17) is 11.6 Å². The number of nitrogens with zero attached hydrogens (tertiary/aromatic N) is 1. The maximum Gasteiger partial charge on any atom is 0.269 e. The number of likely N-dealkylation sites (tertiary alicyclic amines) is 1. The summed E-state index contributed by atoms with van der Waals surface area (Å²) in [6.07, 6.45) is 2.00. The van der Waals surface area contributed by atoms with Crippen molar-refractivity contribution in [2.24, 2.45) is 5.41 Å². The van der Waals surface area contributed by atoms with E-state index < -0.39 is 6.08 Å². The van der Waals surface area contributed by atoms with Gasteiger partial charge in [-0.15, -0.1) is 11.6 Å². The average molecular weight is 236 g/mol. The fraction of sp³-hybridized carbons (Fsp3) is 0.818. The quantitative estimate of drug-likeness (QED) is 0.679. The Bertz CT molecular complexity index is 260. The Kier molecular flexibility index (Phi) is 3.31. The number of hydrogen-bond donors (Lipinski definition) is 0. The van der Waals surface area contributed by atoms with Crippen LogP contribution in [0.25, 0.3) is 0 Å². The van der Waals surface area contributed by atoms with E-state index in [-0.39, 0.29) is 0 Å². The Morgan fingerprint density at radius 2 is 1.87 bits per heavy atom. The molecule has 0 aromatic rings. The molecule has 2 fully saturated rings. The summed E-state index contributed by atoms with van der Waals surface area (Å²) < 4.78 is 24.6. The zero-order valence-electron chi connectivity index (χ0n) is 8.74. The van der Waals surface area contributed by atoms with Crippen LogP contribution in [0.3, 0.4) is 0 Å². The van der Waals surface area contributed by atoms with Crippen molar-refractivity contribution in [3.05, 3.63) is 11.7 Å². The highest BCUT2D eigenvalue weighted by Crippen LogP contribution is 2.47. The lowest BCUT2D eigenvalue weighted by Crippen LogP contribution is -2.36. The second-order valence-electron chi connectivity index (χ2n) is 4.77. The van der Waals surface area contributed by atoms with E-state index in [2.05, 4.69) is 4.90 Å². The van der Waals surface area contributed by atoms with Crippen molar-refractivity contribution in [2.45, 2.75) is 25.7 Å². The zero-order chi connectivity index (χ0) is 10.9. The number of piperidine rings is 1. The third-order valence-electron chi connectivity index (χ3n) is 3.53. The van der Waals surface area contributed by atoms with Crippen LogP contribution in [0.5, 0.6) is 0 Å². The molecule has 86 valence electrons. The van der Waals surface area contributed by atoms with Gasteiger partial charge in [0, 0.05) is 25.5 Å². The molecule has 0 amide bonds. The Morgan fingerprint density at radius 3 is 2.27 bits per heavy atom. The highest BCUT2D eigenvalue weighted by molar-refractivity contribution is 6.18. The summed E-state index contributed by atoms with van der Waals surface area (Å²) in [5.74, 6) is 0.712. The molecule has 1 saturated heterocycles. The lowest BCUT2D eigenvalue weighted by Gasteiger charge is -2.30. The van der Waals surface area contributed by atoms with Crippen LogP contribution < -0.4 is 0 Å². The van der Waals surface area contributed by atoms with Crippen LogP contribution in [0, 0.1) is 5.41 Å². The van der Waals surface area contributed by atoms with E-state index in [1.807, 2.05) is 0 Å². The molecule has 1 aliphatic heterocycles. The maximum atomic E-state index is 12.3. The highest BCUT2D eigenvalue weighted by atomic mass is 35.5. The topological polar surface area (TPSA) is 3.24 Å². The minimum Gasteiger partial charge on any atom is -0.302 e. The third-order valence-corrected chi connectivity index (χ3v) is 4.09. The van der Waals surface area contributed by atoms with E-state index >= 15 is 0 Å². The van der Waals surface area contributed by atoms with E-state index in [9.17, 15) is 8.78 Å². The van der Waals surface area contributed by atoms with E-state index in [0.29, 0.717) is 29.7 Å². The van der Waals surface area contributed by atoms with Crippen molar-refractivity contribution in [2.75, 3.05) is 25.5 Å². The van der Waals surface area contributed by atoms with Gasteiger partial charge in [0.1, 0.15) is 0 Å². The molecule has 0 unspecified atom stereocenters. The summed E-state index contributed by atoms with van der Waals surface area (Å²) in [4.78, 5) is 2.28. The van der Waals surface area contributed by atoms with Crippen molar-refractivity contribution < 1.29 is 8.78 Å². The predicted molar refractivity (Wildman–Crippen MR) is 57.3 cm³/mol. The third kappa shape index (κ3) is 2.70. The van der Waals surface area contributed by atoms with Crippen molar-refractivity contribution in [3.8, 4) is 0 Å². The summed E-state index contributed by atoms with van der Waals surface area (Å²) >= 11 is 5.90. The molecule has 15 heavy (non-hydrogen) atoms. The standard InChI is InChI=1S/C11H16ClF2N/c12-7-11(3-4-11)8-15-5-1-9(2-6-15)10(13)14/h1-8H2. The number of rotatable bonds is 3. The van der Waals surface area contributed by atoms with Crippen LogP contribution in [-0.4, -0.2) is 30.4 Å². The highest BCUT2D eigenvalue weighted by Gasteiger charge is 2.43. The molecule has 4 heteroatoms. The van der Waals surface area contributed by atoms with Gasteiger partial charge in [0.05, 0.1) is 0 Å². The van der Waals surface area contributed by atoms with Gasteiger partial charge in [0.2, 0.25) is 0 Å². The molecule has 0 N–H and O–H groups in total. The van der Waals surface area contributed by atoms with Gasteiger partial charge in [-0.1, -0.05) is 0 Å². The Balaban J connectivity index is 1.81. The van der Waals surface area contributed by atoms with Gasteiger partial charge in [-0.3, -0.25) is 0 Å². The lowest BCUT2D eigenvalue weighted by atomic mass is 10.0. The lowest BCUT2D eigenvalue weighted by molar-refractivity contribution is 0.210. The smallest absolute Gasteiger partial charge is 0.269 e. The Morgan fingerprint density at radius 1 is 1.27 bits per heavy atom. The molecule has 2 aliphatic rings. The largest absolute Gasteiger partial charge is 0.302 e. The molecular formula is C11H16ClF2N. The first-order valence-electron chi connectivity index (χ1n) is 5.47. The molecule has 0 spiro atoms. The molecule has 1 heterocycles. The molecular weight excluding hydrogens is 220 g/mol. The van der Waals surface area contributed by atoms with Crippen LogP contribution in [0.4, 0.5) is 8.78 Å². The van der Waals surface area contributed by atoms with Gasteiger partial charge >= 0.3 is 0 Å². The van der Waals surface area contributed by atoms with Crippen LogP contribution >= 0.6 is 11.6 Å². The SMILES string of the molecule is FC(F)=C1CCN(CC2(CCl)CC2)CC1. The molecule has 0 radical (unpaired) electrons. The molecule has 1 nitrogen and oxygen atoms in total. The van der Waals surface area contributed by atoms with Crippen molar-refractivity contribution in [3.63, 3.8) is 0 Å². The second kappa shape index (κ2) is 4.38. The Hall–Kier alpha value is -0.150. The minimum absolute atomic E-state index is 0.317. The first-order valence-corrected chi connectivity index (χ1v) is 6.00. The molecule has 0 atom stereocenters. The molecule has 2 rings (SSSR count). The van der Waals surface area contributed by atoms with Gasteiger partial charge in [-0.05, 0) is 36.7 Å². The first kappa shape index (κ1) is 11.3. The molecule has 1 saturated carbocycles. The van der Waals surface area contributed by atoms with Gasteiger partial charge in [-0.25, -0.2) is 0 Å². The molecule has 0 aromatic carbocycles. The van der Waals surface area contributed by atoms with Crippen LogP contribution in [0.15, 0.2) is 11.7 Å². The van der Waals surface area contributed by atoms with E-state index in [1.54, 1.807) is 0 Å². The van der Waals surface area contributed by atoms with E-state index in [1.165, 1.54) is 12.8 Å². The second-order valence-corrected chi connectivity index (χ2v) is 5.04. The summed E-state index contributed by atoms with van der Waals surface area (Å²) in [6.45, 7) is 2.54. The van der Waals surface area contributed by atoms with Gasteiger partial charge in [-0.2, -0.15) is 8.78 Å². The van der Waals surface area contributed by atoms with Crippen LogP contribution in [-0.2, 0) is 0 Å². The van der Waals surface area contributed by atoms with Crippen molar-refractivity contribution in [1.29, 1.82) is 0 Å². The fourth-order valence-electron chi connectivity index (χ4n) is 2.16. The molecule has 0 bridgehead atoms. The van der Waals surface area contributed by atoms with Crippen LogP contribution in [0.1, 0.15) is 25.7 Å². The van der Waals surface area contributed by atoms with Gasteiger partial charge in [0.25, 0.3) is 6.08 Å². The first-order chi connectivity index (χ1) is 7.15. The van der Waals surface area contributed by atoms with Gasteiger partial charge in [0.15, 0.2) is 0 Å². The molecule has 1 aliphatic carbocycles. The number of halogens is 3. The van der Waals surface area contributed by atoms with Gasteiger partial charge < -0.3 is 4.90 Å². The zero-order valence-corrected chi connectivity index (χ0v) is 9.49. The number of alkyl halides is 1.